The molecular formula is C18H17N7O. The first kappa shape index (κ1) is 15.9. The van der Waals surface area contributed by atoms with E-state index >= 15 is 0 Å². The van der Waals surface area contributed by atoms with E-state index in [2.05, 4.69) is 31.1 Å². The summed E-state index contributed by atoms with van der Waals surface area (Å²) in [5.41, 5.74) is 3.75. The van der Waals surface area contributed by atoms with Gasteiger partial charge in [0, 0.05) is 17.6 Å². The molecule has 8 nitrogen and oxygen atoms in total. The van der Waals surface area contributed by atoms with Gasteiger partial charge in [-0.1, -0.05) is 28.9 Å². The van der Waals surface area contributed by atoms with E-state index in [-0.39, 0.29) is 5.91 Å². The molecule has 0 radical (unpaired) electrons. The number of aryl methyl sites for hydroxylation is 1. The molecule has 4 rings (SSSR count). The number of benzene rings is 1. The third kappa shape index (κ3) is 2.81. The molecule has 0 bridgehead atoms. The van der Waals surface area contributed by atoms with Gasteiger partial charge in [-0.15, -0.1) is 0 Å². The largest absolute Gasteiger partial charge is 0.326 e. The molecule has 0 aliphatic carbocycles. The average Bonchev–Trinajstić information content (AvgIpc) is 3.11. The molecular weight excluding hydrogens is 330 g/mol. The number of rotatable bonds is 3. The van der Waals surface area contributed by atoms with Crippen molar-refractivity contribution in [3.8, 4) is 0 Å². The molecule has 8 heteroatoms. The molecule has 2 N–H and O–H groups in total. The standard InChI is InChI=1S/C18H17N7O/c1-11-6-8-13(9-7-11)21-17(26)15-12(2)20-18-22-23-24-25(18)16(15)14-5-3-4-10-19-14/h3-10,16H,1-2H3,(H,21,26)(H,20,22,24). The van der Waals surface area contributed by atoms with Crippen molar-refractivity contribution in [3.05, 3.63) is 71.2 Å². The van der Waals surface area contributed by atoms with Crippen molar-refractivity contribution in [3.63, 3.8) is 0 Å². The summed E-state index contributed by atoms with van der Waals surface area (Å²) >= 11 is 0. The van der Waals surface area contributed by atoms with Gasteiger partial charge < -0.3 is 10.6 Å². The van der Waals surface area contributed by atoms with Crippen LogP contribution in [0, 0.1) is 6.92 Å². The maximum atomic E-state index is 13.1. The highest BCUT2D eigenvalue weighted by Crippen LogP contribution is 2.33. The van der Waals surface area contributed by atoms with Gasteiger partial charge in [0.1, 0.15) is 6.04 Å². The summed E-state index contributed by atoms with van der Waals surface area (Å²) in [4.78, 5) is 17.5. The smallest absolute Gasteiger partial charge is 0.255 e. The lowest BCUT2D eigenvalue weighted by atomic mass is 9.98. The fraction of sp³-hybridized carbons (Fsp3) is 0.167. The number of nitrogens with one attached hydrogen (secondary N) is 2. The van der Waals surface area contributed by atoms with Crippen LogP contribution >= 0.6 is 0 Å². The highest BCUT2D eigenvalue weighted by molar-refractivity contribution is 6.05. The molecule has 1 amide bonds. The maximum absolute atomic E-state index is 13.1. The molecule has 0 fully saturated rings. The molecule has 130 valence electrons. The summed E-state index contributed by atoms with van der Waals surface area (Å²) in [6.07, 6.45) is 1.69. The second-order valence-corrected chi connectivity index (χ2v) is 6.09. The van der Waals surface area contributed by atoms with E-state index in [1.165, 1.54) is 0 Å². The van der Waals surface area contributed by atoms with Crippen molar-refractivity contribution in [2.75, 3.05) is 10.6 Å². The predicted molar refractivity (Wildman–Crippen MR) is 96.3 cm³/mol. The molecule has 1 aliphatic rings. The number of fused-ring (bicyclic) bond motifs is 1. The van der Waals surface area contributed by atoms with Crippen LogP contribution < -0.4 is 10.6 Å². The van der Waals surface area contributed by atoms with Gasteiger partial charge >= 0.3 is 0 Å². The number of pyridine rings is 1. The van der Waals surface area contributed by atoms with Crippen molar-refractivity contribution in [1.82, 2.24) is 25.2 Å². The Morgan fingerprint density at radius 1 is 1.15 bits per heavy atom. The number of carbonyl (C=O) groups excluding carboxylic acids is 1. The number of amides is 1. The fourth-order valence-electron chi connectivity index (χ4n) is 2.95. The molecule has 1 aliphatic heterocycles. The van der Waals surface area contributed by atoms with Crippen molar-refractivity contribution in [2.45, 2.75) is 19.9 Å². The molecule has 0 saturated carbocycles. The van der Waals surface area contributed by atoms with E-state index in [1.54, 1.807) is 10.9 Å². The van der Waals surface area contributed by atoms with Gasteiger partial charge in [-0.05, 0) is 48.5 Å². The lowest BCUT2D eigenvalue weighted by Crippen LogP contribution is -2.32. The first-order valence-corrected chi connectivity index (χ1v) is 8.18. The topological polar surface area (TPSA) is 97.6 Å². The highest BCUT2D eigenvalue weighted by atomic mass is 16.1. The maximum Gasteiger partial charge on any atom is 0.255 e. The van der Waals surface area contributed by atoms with Gasteiger partial charge in [0.15, 0.2) is 0 Å². The van der Waals surface area contributed by atoms with Gasteiger partial charge in [0.25, 0.3) is 5.91 Å². The van der Waals surface area contributed by atoms with E-state index < -0.39 is 6.04 Å². The molecule has 1 atom stereocenters. The molecule has 1 aromatic carbocycles. The first-order valence-electron chi connectivity index (χ1n) is 8.18. The second kappa shape index (κ2) is 6.40. The number of hydrogen-bond acceptors (Lipinski definition) is 6. The Hall–Kier alpha value is -3.55. The Bertz CT molecular complexity index is 976. The van der Waals surface area contributed by atoms with Crippen LogP contribution in [-0.2, 0) is 4.79 Å². The van der Waals surface area contributed by atoms with Crippen molar-refractivity contribution in [2.24, 2.45) is 0 Å². The van der Waals surface area contributed by atoms with Crippen LogP contribution in [0.1, 0.15) is 24.2 Å². The zero-order valence-corrected chi connectivity index (χ0v) is 14.3. The summed E-state index contributed by atoms with van der Waals surface area (Å²) in [6, 6.07) is 12.7. The SMILES string of the molecule is CC1=C(C(=O)Nc2ccc(C)cc2)C(c2ccccn2)n2nnnc2N1. The van der Waals surface area contributed by atoms with Crippen LogP contribution in [-0.4, -0.2) is 31.1 Å². The fourth-order valence-corrected chi connectivity index (χ4v) is 2.95. The van der Waals surface area contributed by atoms with Crippen molar-refractivity contribution >= 4 is 17.5 Å². The molecule has 1 unspecified atom stereocenters. The van der Waals surface area contributed by atoms with Crippen LogP contribution in [0.15, 0.2) is 59.9 Å². The van der Waals surface area contributed by atoms with Gasteiger partial charge in [-0.25, -0.2) is 0 Å². The van der Waals surface area contributed by atoms with Gasteiger partial charge in [-0.3, -0.25) is 9.78 Å². The summed E-state index contributed by atoms with van der Waals surface area (Å²) in [6.45, 7) is 3.83. The number of tetrazole rings is 1. The Labute approximate surface area is 150 Å². The number of anilines is 2. The molecule has 3 aromatic rings. The van der Waals surface area contributed by atoms with Crippen LogP contribution in [0.2, 0.25) is 0 Å². The van der Waals surface area contributed by atoms with E-state index in [0.717, 1.165) is 11.3 Å². The normalized spacial score (nSPS) is 16.0. The van der Waals surface area contributed by atoms with E-state index in [9.17, 15) is 4.79 Å². The van der Waals surface area contributed by atoms with E-state index in [1.807, 2.05) is 56.3 Å². The molecule has 3 heterocycles. The summed E-state index contributed by atoms with van der Waals surface area (Å²) < 4.78 is 1.57. The van der Waals surface area contributed by atoms with Gasteiger partial charge in [0.2, 0.25) is 5.95 Å². The Morgan fingerprint density at radius 3 is 2.69 bits per heavy atom. The summed E-state index contributed by atoms with van der Waals surface area (Å²) in [7, 11) is 0. The monoisotopic (exact) mass is 347 g/mol. The molecule has 26 heavy (non-hydrogen) atoms. The van der Waals surface area contributed by atoms with Gasteiger partial charge in [-0.2, -0.15) is 4.68 Å². The minimum absolute atomic E-state index is 0.226. The minimum Gasteiger partial charge on any atom is -0.326 e. The second-order valence-electron chi connectivity index (χ2n) is 6.09. The van der Waals surface area contributed by atoms with Crippen LogP contribution in [0.5, 0.6) is 0 Å². The van der Waals surface area contributed by atoms with Crippen LogP contribution in [0.4, 0.5) is 11.6 Å². The number of carbonyl (C=O) groups is 1. The van der Waals surface area contributed by atoms with Crippen LogP contribution in [0.25, 0.3) is 0 Å². The first-order chi connectivity index (χ1) is 12.6. The van der Waals surface area contributed by atoms with E-state index in [4.69, 9.17) is 0 Å². The van der Waals surface area contributed by atoms with E-state index in [0.29, 0.717) is 22.9 Å². The third-order valence-corrected chi connectivity index (χ3v) is 4.24. The summed E-state index contributed by atoms with van der Waals surface area (Å²) in [5.74, 6) is 0.251. The average molecular weight is 347 g/mol. The Kier molecular flexibility index (Phi) is 3.92. The number of nitrogens with zero attached hydrogens (tertiary/aromatic N) is 5. The summed E-state index contributed by atoms with van der Waals surface area (Å²) in [5, 5.41) is 17.8. The zero-order valence-electron chi connectivity index (χ0n) is 14.3. The predicted octanol–water partition coefficient (Wildman–Crippen LogP) is 2.30. The highest BCUT2D eigenvalue weighted by Gasteiger charge is 2.34. The van der Waals surface area contributed by atoms with Crippen molar-refractivity contribution in [1.29, 1.82) is 0 Å². The van der Waals surface area contributed by atoms with Gasteiger partial charge in [0.05, 0.1) is 11.3 Å². The third-order valence-electron chi connectivity index (χ3n) is 4.24. The molecule has 2 aromatic heterocycles. The Balaban J connectivity index is 1.74. The number of hydrogen-bond donors (Lipinski definition) is 2. The molecule has 0 saturated heterocycles. The quantitative estimate of drug-likeness (QED) is 0.754. The minimum atomic E-state index is -0.507. The van der Waals surface area contributed by atoms with Crippen LogP contribution in [0.3, 0.4) is 0 Å². The zero-order chi connectivity index (χ0) is 18.1. The lowest BCUT2D eigenvalue weighted by molar-refractivity contribution is -0.113. The number of aromatic nitrogens is 5. The van der Waals surface area contributed by atoms with Crippen molar-refractivity contribution < 1.29 is 4.79 Å². The Morgan fingerprint density at radius 2 is 1.96 bits per heavy atom. The molecule has 0 spiro atoms. The lowest BCUT2D eigenvalue weighted by Gasteiger charge is -2.27. The number of allylic oxidation sites excluding steroid dienone is 1.